The molecule has 0 aromatic heterocycles. The monoisotopic (exact) mass is 238 g/mol. The average molecular weight is 239 g/mol. The molecule has 0 bridgehead atoms. The van der Waals surface area contributed by atoms with Crippen molar-refractivity contribution in [3.05, 3.63) is 34.9 Å². The molecular formula is C10H11ClN4O. The fourth-order valence-electron chi connectivity index (χ4n) is 0.938. The van der Waals surface area contributed by atoms with Gasteiger partial charge in [-0.2, -0.15) is 5.10 Å². The average Bonchev–Trinajstić information content (AvgIpc) is 2.19. The van der Waals surface area contributed by atoms with Gasteiger partial charge in [0.05, 0.1) is 6.21 Å². The van der Waals surface area contributed by atoms with Gasteiger partial charge in [-0.3, -0.25) is 10.1 Å². The van der Waals surface area contributed by atoms with Crippen molar-refractivity contribution in [1.29, 1.82) is 0 Å². The summed E-state index contributed by atoms with van der Waals surface area (Å²) in [5.74, 6) is -0.356. The summed E-state index contributed by atoms with van der Waals surface area (Å²) < 4.78 is 0. The molecule has 0 aliphatic heterocycles. The maximum atomic E-state index is 10.6. The van der Waals surface area contributed by atoms with Gasteiger partial charge in [-0.05, 0) is 6.07 Å². The zero-order valence-corrected chi connectivity index (χ0v) is 9.40. The fraction of sp³-hybridized carbons (Fsp3) is 0.100. The van der Waals surface area contributed by atoms with Crippen molar-refractivity contribution in [2.24, 2.45) is 15.9 Å². The predicted molar refractivity (Wildman–Crippen MR) is 64.5 cm³/mol. The summed E-state index contributed by atoms with van der Waals surface area (Å²) in [6.45, 7) is 1.33. The normalized spacial score (nSPS) is 11.8. The SMILES string of the molecule is CC(=O)NC(N)=N/N=C\c1ccccc1Cl. The molecule has 1 aromatic rings. The molecule has 0 fully saturated rings. The van der Waals surface area contributed by atoms with E-state index in [-0.39, 0.29) is 11.9 Å². The van der Waals surface area contributed by atoms with E-state index in [4.69, 9.17) is 17.3 Å². The van der Waals surface area contributed by atoms with E-state index < -0.39 is 0 Å². The standard InChI is InChI=1S/C10H11ClN4O/c1-7(16)14-10(12)15-13-6-8-4-2-3-5-9(8)11/h2-6H,1H3,(H3,12,14,15,16)/b13-6-. The molecule has 0 unspecified atom stereocenters. The maximum absolute atomic E-state index is 10.6. The van der Waals surface area contributed by atoms with Gasteiger partial charge in [-0.25, -0.2) is 0 Å². The largest absolute Gasteiger partial charge is 0.368 e. The summed E-state index contributed by atoms with van der Waals surface area (Å²) in [6.07, 6.45) is 1.46. The summed E-state index contributed by atoms with van der Waals surface area (Å²) in [7, 11) is 0. The van der Waals surface area contributed by atoms with Crippen LogP contribution in [0.15, 0.2) is 34.5 Å². The molecule has 3 N–H and O–H groups in total. The Balaban J connectivity index is 2.68. The van der Waals surface area contributed by atoms with Crippen LogP contribution in [0.4, 0.5) is 0 Å². The van der Waals surface area contributed by atoms with Crippen LogP contribution in [0, 0.1) is 0 Å². The molecule has 0 saturated heterocycles. The highest BCUT2D eigenvalue weighted by atomic mass is 35.5. The van der Waals surface area contributed by atoms with Gasteiger partial charge in [0.2, 0.25) is 11.9 Å². The second-order valence-electron chi connectivity index (χ2n) is 2.93. The Morgan fingerprint density at radius 1 is 1.50 bits per heavy atom. The molecule has 0 radical (unpaired) electrons. The highest BCUT2D eigenvalue weighted by molar-refractivity contribution is 6.33. The summed E-state index contributed by atoms with van der Waals surface area (Å²) in [4.78, 5) is 10.6. The van der Waals surface area contributed by atoms with E-state index in [0.717, 1.165) is 5.56 Å². The van der Waals surface area contributed by atoms with Crippen LogP contribution in [0.3, 0.4) is 0 Å². The van der Waals surface area contributed by atoms with Crippen LogP contribution in [-0.2, 0) is 4.79 Å². The number of rotatable bonds is 2. The highest BCUT2D eigenvalue weighted by Crippen LogP contribution is 2.12. The second kappa shape index (κ2) is 5.87. The summed E-state index contributed by atoms with van der Waals surface area (Å²) in [5.41, 5.74) is 6.07. The second-order valence-corrected chi connectivity index (χ2v) is 3.34. The Kier molecular flexibility index (Phi) is 4.47. The molecule has 1 aromatic carbocycles. The number of nitrogens with zero attached hydrogens (tertiary/aromatic N) is 2. The third kappa shape index (κ3) is 4.10. The number of carbonyl (C=O) groups excluding carboxylic acids is 1. The van der Waals surface area contributed by atoms with Gasteiger partial charge in [-0.1, -0.05) is 29.8 Å². The molecule has 84 valence electrons. The van der Waals surface area contributed by atoms with Gasteiger partial charge in [0.1, 0.15) is 0 Å². The number of carbonyl (C=O) groups is 1. The van der Waals surface area contributed by atoms with Crippen LogP contribution < -0.4 is 11.1 Å². The smallest absolute Gasteiger partial charge is 0.223 e. The van der Waals surface area contributed by atoms with Crippen molar-refractivity contribution in [2.45, 2.75) is 6.92 Å². The first-order valence-corrected chi connectivity index (χ1v) is 4.86. The van der Waals surface area contributed by atoms with E-state index in [1.165, 1.54) is 13.1 Å². The Morgan fingerprint density at radius 3 is 2.81 bits per heavy atom. The first kappa shape index (κ1) is 12.2. The molecule has 0 heterocycles. The molecular weight excluding hydrogens is 228 g/mol. The van der Waals surface area contributed by atoms with Crippen LogP contribution in [-0.4, -0.2) is 18.1 Å². The summed E-state index contributed by atoms with van der Waals surface area (Å²) >= 11 is 5.88. The van der Waals surface area contributed by atoms with Crippen molar-refractivity contribution in [3.8, 4) is 0 Å². The molecule has 0 saturated carbocycles. The summed E-state index contributed by atoms with van der Waals surface area (Å²) in [5, 5.41) is 10.1. The minimum Gasteiger partial charge on any atom is -0.368 e. The molecule has 16 heavy (non-hydrogen) atoms. The van der Waals surface area contributed by atoms with Gasteiger partial charge in [0.15, 0.2) is 0 Å². The van der Waals surface area contributed by atoms with Crippen molar-refractivity contribution in [1.82, 2.24) is 5.32 Å². The number of guanidine groups is 1. The van der Waals surface area contributed by atoms with Gasteiger partial charge in [0.25, 0.3) is 0 Å². The fourth-order valence-corrected chi connectivity index (χ4v) is 1.12. The summed E-state index contributed by atoms with van der Waals surface area (Å²) in [6, 6.07) is 7.17. The lowest BCUT2D eigenvalue weighted by atomic mass is 10.2. The number of halogens is 1. The van der Waals surface area contributed by atoms with Crippen LogP contribution in [0.1, 0.15) is 12.5 Å². The van der Waals surface area contributed by atoms with E-state index >= 15 is 0 Å². The number of hydrogen-bond donors (Lipinski definition) is 2. The van der Waals surface area contributed by atoms with E-state index in [9.17, 15) is 4.79 Å². The van der Waals surface area contributed by atoms with Gasteiger partial charge in [-0.15, -0.1) is 5.10 Å². The number of amides is 1. The topological polar surface area (TPSA) is 79.8 Å². The lowest BCUT2D eigenvalue weighted by Gasteiger charge is -1.97. The zero-order chi connectivity index (χ0) is 12.0. The van der Waals surface area contributed by atoms with Crippen LogP contribution in [0.25, 0.3) is 0 Å². The zero-order valence-electron chi connectivity index (χ0n) is 8.64. The first-order chi connectivity index (χ1) is 7.59. The quantitative estimate of drug-likeness (QED) is 0.460. The minimum absolute atomic E-state index is 0.0594. The van der Waals surface area contributed by atoms with Crippen molar-refractivity contribution in [2.75, 3.05) is 0 Å². The maximum Gasteiger partial charge on any atom is 0.223 e. The lowest BCUT2D eigenvalue weighted by molar-refractivity contribution is -0.117. The van der Waals surface area contributed by atoms with Crippen LogP contribution in [0.2, 0.25) is 5.02 Å². The van der Waals surface area contributed by atoms with E-state index in [1.54, 1.807) is 12.1 Å². The van der Waals surface area contributed by atoms with Gasteiger partial charge < -0.3 is 5.73 Å². The molecule has 5 nitrogen and oxygen atoms in total. The molecule has 1 amide bonds. The Morgan fingerprint density at radius 2 is 2.19 bits per heavy atom. The van der Waals surface area contributed by atoms with Crippen LogP contribution in [0.5, 0.6) is 0 Å². The van der Waals surface area contributed by atoms with Crippen molar-refractivity contribution >= 4 is 29.7 Å². The lowest BCUT2D eigenvalue weighted by Crippen LogP contribution is -2.34. The van der Waals surface area contributed by atoms with Gasteiger partial charge in [0, 0.05) is 17.5 Å². The number of hydrogen-bond acceptors (Lipinski definition) is 3. The first-order valence-electron chi connectivity index (χ1n) is 4.48. The number of benzene rings is 1. The minimum atomic E-state index is -0.297. The highest BCUT2D eigenvalue weighted by Gasteiger charge is 1.95. The number of nitrogens with two attached hydrogens (primary N) is 1. The van der Waals surface area contributed by atoms with E-state index in [0.29, 0.717) is 5.02 Å². The molecule has 0 aliphatic carbocycles. The van der Waals surface area contributed by atoms with Gasteiger partial charge >= 0.3 is 0 Å². The molecule has 0 spiro atoms. The molecule has 6 heteroatoms. The van der Waals surface area contributed by atoms with Crippen molar-refractivity contribution in [3.63, 3.8) is 0 Å². The molecule has 0 aliphatic rings. The Hall–Kier alpha value is -1.88. The van der Waals surface area contributed by atoms with E-state index in [1.807, 2.05) is 12.1 Å². The molecule has 0 atom stereocenters. The Bertz CT molecular complexity index is 442. The Labute approximate surface area is 98.0 Å². The van der Waals surface area contributed by atoms with Crippen LogP contribution >= 0.6 is 11.6 Å². The number of nitrogens with one attached hydrogen (secondary N) is 1. The third-order valence-electron chi connectivity index (χ3n) is 1.57. The predicted octanol–water partition coefficient (Wildman–Crippen LogP) is 1.12. The van der Waals surface area contributed by atoms with E-state index in [2.05, 4.69) is 15.5 Å². The van der Waals surface area contributed by atoms with Crippen molar-refractivity contribution < 1.29 is 4.79 Å². The third-order valence-corrected chi connectivity index (χ3v) is 1.92. The molecule has 1 rings (SSSR count).